The van der Waals surface area contributed by atoms with Crippen molar-refractivity contribution in [2.75, 3.05) is 6.54 Å². The molecule has 15 heavy (non-hydrogen) atoms. The Morgan fingerprint density at radius 2 is 2.13 bits per heavy atom. The van der Waals surface area contributed by atoms with Crippen LogP contribution in [0.4, 0.5) is 0 Å². The van der Waals surface area contributed by atoms with E-state index in [1.165, 1.54) is 24.8 Å². The second-order valence-electron chi connectivity index (χ2n) is 4.14. The Hall–Kier alpha value is -1.15. The van der Waals surface area contributed by atoms with Gasteiger partial charge in [-0.2, -0.15) is 0 Å². The van der Waals surface area contributed by atoms with Gasteiger partial charge < -0.3 is 5.32 Å². The summed E-state index contributed by atoms with van der Waals surface area (Å²) in [5.74, 6) is 0.830. The number of hydrogen-bond acceptors (Lipinski definition) is 2. The van der Waals surface area contributed by atoms with Gasteiger partial charge in [0.05, 0.1) is 0 Å². The fourth-order valence-electron chi connectivity index (χ4n) is 1.96. The molecular weight excluding hydrogens is 184 g/mol. The van der Waals surface area contributed by atoms with Crippen LogP contribution in [0.5, 0.6) is 0 Å². The molecule has 0 bridgehead atoms. The highest BCUT2D eigenvalue weighted by molar-refractivity contribution is 5.09. The lowest BCUT2D eigenvalue weighted by molar-refractivity contribution is 0.440. The molecule has 0 fully saturated rings. The first-order valence-electron chi connectivity index (χ1n) is 5.70. The number of allylic oxidation sites excluding steroid dienone is 2. The van der Waals surface area contributed by atoms with E-state index < -0.39 is 0 Å². The van der Waals surface area contributed by atoms with Gasteiger partial charge in [0.25, 0.3) is 0 Å². The van der Waals surface area contributed by atoms with E-state index in [2.05, 4.69) is 34.6 Å². The Kier molecular flexibility index (Phi) is 3.92. The summed E-state index contributed by atoms with van der Waals surface area (Å²) in [6, 6.07) is 4.13. The van der Waals surface area contributed by atoms with Crippen molar-refractivity contribution in [2.45, 2.75) is 25.8 Å². The van der Waals surface area contributed by atoms with Crippen molar-refractivity contribution >= 4 is 0 Å². The summed E-state index contributed by atoms with van der Waals surface area (Å²) in [4.78, 5) is 4.01. The molecule has 80 valence electrons. The van der Waals surface area contributed by atoms with E-state index >= 15 is 0 Å². The predicted molar refractivity (Wildman–Crippen MR) is 62.4 cm³/mol. The Labute approximate surface area is 91.4 Å². The van der Waals surface area contributed by atoms with Crippen LogP contribution >= 0.6 is 0 Å². The summed E-state index contributed by atoms with van der Waals surface area (Å²) < 4.78 is 0. The maximum Gasteiger partial charge on any atom is 0.0271 e. The molecule has 1 aromatic heterocycles. The van der Waals surface area contributed by atoms with Gasteiger partial charge in [-0.15, -0.1) is 0 Å². The average molecular weight is 202 g/mol. The molecule has 2 nitrogen and oxygen atoms in total. The fraction of sp³-hybridized carbons (Fsp3) is 0.462. The van der Waals surface area contributed by atoms with Crippen molar-refractivity contribution in [3.8, 4) is 0 Å². The molecule has 1 atom stereocenters. The molecule has 1 aliphatic carbocycles. The molecule has 1 aliphatic rings. The zero-order chi connectivity index (χ0) is 10.3. The minimum atomic E-state index is 0.830. The molecule has 1 unspecified atom stereocenters. The Morgan fingerprint density at radius 1 is 1.27 bits per heavy atom. The van der Waals surface area contributed by atoms with E-state index in [0.29, 0.717) is 0 Å². The van der Waals surface area contributed by atoms with E-state index in [0.717, 1.165) is 19.0 Å². The first kappa shape index (κ1) is 10.4. The highest BCUT2D eigenvalue weighted by Crippen LogP contribution is 2.16. The normalized spacial score (nSPS) is 20.4. The lowest BCUT2D eigenvalue weighted by Crippen LogP contribution is -2.23. The first-order valence-corrected chi connectivity index (χ1v) is 5.70. The molecule has 1 heterocycles. The summed E-state index contributed by atoms with van der Waals surface area (Å²) in [5.41, 5.74) is 1.32. The van der Waals surface area contributed by atoms with Crippen LogP contribution in [0.3, 0.4) is 0 Å². The molecule has 0 spiro atoms. The minimum Gasteiger partial charge on any atom is -0.312 e. The van der Waals surface area contributed by atoms with Crippen molar-refractivity contribution in [3.63, 3.8) is 0 Å². The van der Waals surface area contributed by atoms with E-state index in [4.69, 9.17) is 0 Å². The van der Waals surface area contributed by atoms with Gasteiger partial charge in [0, 0.05) is 18.9 Å². The molecule has 0 saturated carbocycles. The molecule has 2 rings (SSSR count). The fourth-order valence-corrected chi connectivity index (χ4v) is 1.96. The molecule has 0 radical (unpaired) electrons. The van der Waals surface area contributed by atoms with Crippen LogP contribution in [-0.2, 0) is 6.54 Å². The van der Waals surface area contributed by atoms with Crippen LogP contribution in [0.2, 0.25) is 0 Å². The van der Waals surface area contributed by atoms with Gasteiger partial charge in [-0.25, -0.2) is 0 Å². The van der Waals surface area contributed by atoms with Crippen molar-refractivity contribution in [1.82, 2.24) is 10.3 Å². The Balaban J connectivity index is 1.68. The van der Waals surface area contributed by atoms with Crippen LogP contribution in [0.25, 0.3) is 0 Å². The topological polar surface area (TPSA) is 24.9 Å². The van der Waals surface area contributed by atoms with Crippen molar-refractivity contribution in [2.24, 2.45) is 5.92 Å². The lowest BCUT2D eigenvalue weighted by Gasteiger charge is -2.18. The van der Waals surface area contributed by atoms with E-state index in [-0.39, 0.29) is 0 Å². The van der Waals surface area contributed by atoms with Crippen molar-refractivity contribution in [3.05, 3.63) is 42.2 Å². The van der Waals surface area contributed by atoms with Crippen molar-refractivity contribution < 1.29 is 0 Å². The predicted octanol–water partition coefficient (Wildman–Crippen LogP) is 2.53. The van der Waals surface area contributed by atoms with Crippen LogP contribution < -0.4 is 5.32 Å². The smallest absolute Gasteiger partial charge is 0.0271 e. The van der Waals surface area contributed by atoms with Gasteiger partial charge >= 0.3 is 0 Å². The third-order valence-corrected chi connectivity index (χ3v) is 2.89. The molecule has 0 saturated heterocycles. The quantitative estimate of drug-likeness (QED) is 0.759. The van der Waals surface area contributed by atoms with E-state index in [1.807, 2.05) is 12.4 Å². The standard InChI is InChI=1S/C13H18N2/c1-2-4-12(5-3-1)10-15-11-13-6-8-14-9-7-13/h1-2,6-9,12,15H,3-5,10-11H2. The summed E-state index contributed by atoms with van der Waals surface area (Å²) in [7, 11) is 0. The number of hydrogen-bond donors (Lipinski definition) is 1. The highest BCUT2D eigenvalue weighted by Gasteiger charge is 2.08. The maximum atomic E-state index is 4.01. The molecule has 1 N–H and O–H groups in total. The van der Waals surface area contributed by atoms with Gasteiger partial charge in [0.2, 0.25) is 0 Å². The number of nitrogens with one attached hydrogen (secondary N) is 1. The van der Waals surface area contributed by atoms with Crippen LogP contribution in [-0.4, -0.2) is 11.5 Å². The van der Waals surface area contributed by atoms with Crippen LogP contribution in [0.15, 0.2) is 36.7 Å². The number of pyridine rings is 1. The zero-order valence-corrected chi connectivity index (χ0v) is 9.02. The van der Waals surface area contributed by atoms with Crippen LogP contribution in [0, 0.1) is 5.92 Å². The van der Waals surface area contributed by atoms with Crippen molar-refractivity contribution in [1.29, 1.82) is 0 Å². The molecular formula is C13H18N2. The zero-order valence-electron chi connectivity index (χ0n) is 9.02. The van der Waals surface area contributed by atoms with Gasteiger partial charge in [-0.3, -0.25) is 4.98 Å². The summed E-state index contributed by atoms with van der Waals surface area (Å²) in [6.45, 7) is 2.09. The van der Waals surface area contributed by atoms with E-state index in [1.54, 1.807) is 0 Å². The SMILES string of the molecule is C1=CCC(CNCc2ccncc2)CC1. The number of nitrogens with zero attached hydrogens (tertiary/aromatic N) is 1. The molecule has 0 aliphatic heterocycles. The summed E-state index contributed by atoms with van der Waals surface area (Å²) >= 11 is 0. The van der Waals surface area contributed by atoms with E-state index in [9.17, 15) is 0 Å². The third kappa shape index (κ3) is 3.48. The van der Waals surface area contributed by atoms with Gasteiger partial charge in [-0.1, -0.05) is 12.2 Å². The highest BCUT2D eigenvalue weighted by atomic mass is 14.9. The van der Waals surface area contributed by atoms with Crippen LogP contribution in [0.1, 0.15) is 24.8 Å². The van der Waals surface area contributed by atoms with Gasteiger partial charge in [-0.05, 0) is 49.4 Å². The lowest BCUT2D eigenvalue weighted by atomic mass is 9.94. The van der Waals surface area contributed by atoms with Gasteiger partial charge in [0.15, 0.2) is 0 Å². The maximum absolute atomic E-state index is 4.01. The molecule has 0 aromatic carbocycles. The molecule has 0 amide bonds. The minimum absolute atomic E-state index is 0.830. The average Bonchev–Trinajstić information content (AvgIpc) is 2.32. The summed E-state index contributed by atoms with van der Waals surface area (Å²) in [5, 5.41) is 3.51. The Morgan fingerprint density at radius 3 is 2.87 bits per heavy atom. The van der Waals surface area contributed by atoms with Gasteiger partial charge in [0.1, 0.15) is 0 Å². The second kappa shape index (κ2) is 5.66. The largest absolute Gasteiger partial charge is 0.312 e. The second-order valence-corrected chi connectivity index (χ2v) is 4.14. The molecule has 2 heteroatoms. The monoisotopic (exact) mass is 202 g/mol. The molecule has 1 aromatic rings. The third-order valence-electron chi connectivity index (χ3n) is 2.89. The number of aromatic nitrogens is 1. The Bertz CT molecular complexity index is 306. The number of rotatable bonds is 4. The summed E-state index contributed by atoms with van der Waals surface area (Å²) in [6.07, 6.45) is 12.1. The first-order chi connectivity index (χ1) is 7.45.